The monoisotopic (exact) mass is 171 g/mol. The van der Waals surface area contributed by atoms with Gasteiger partial charge in [-0.05, 0) is 18.6 Å². The summed E-state index contributed by atoms with van der Waals surface area (Å²) in [5.74, 6) is 0. The maximum absolute atomic E-state index is 4.38. The summed E-state index contributed by atoms with van der Waals surface area (Å²) in [5, 5.41) is 1.30. The van der Waals surface area contributed by atoms with Crippen molar-refractivity contribution in [3.63, 3.8) is 0 Å². The second kappa shape index (κ2) is 2.90. The van der Waals surface area contributed by atoms with E-state index in [4.69, 9.17) is 0 Å². The summed E-state index contributed by atoms with van der Waals surface area (Å²) >= 11 is 1.07. The van der Waals surface area contributed by atoms with Gasteiger partial charge in [-0.2, -0.15) is 0 Å². The molecule has 12 heavy (non-hydrogen) atoms. The number of para-hydroxylation sites is 1. The zero-order chi connectivity index (χ0) is 8.55. The Kier molecular flexibility index (Phi) is 1.88. The van der Waals surface area contributed by atoms with Crippen molar-refractivity contribution in [2.45, 2.75) is 6.92 Å². The molecule has 0 N–H and O–H groups in total. The topological polar surface area (TPSA) is 12.9 Å². The summed E-state index contributed by atoms with van der Waals surface area (Å²) in [6, 6.07) is 8.46. The van der Waals surface area contributed by atoms with Crippen molar-refractivity contribution in [2.24, 2.45) is 0 Å². The van der Waals surface area contributed by atoms with Crippen molar-refractivity contribution in [3.8, 4) is 0 Å². The van der Waals surface area contributed by atoms with E-state index < -0.39 is 0 Å². The highest BCUT2D eigenvalue weighted by atomic mass is 27.0. The van der Waals surface area contributed by atoms with Crippen molar-refractivity contribution in [1.82, 2.24) is 4.98 Å². The first-order valence-corrected chi connectivity index (χ1v) is 5.10. The van der Waals surface area contributed by atoms with E-state index in [1.54, 1.807) is 0 Å². The first-order chi connectivity index (χ1) is 5.79. The molecule has 0 aliphatic rings. The minimum Gasteiger partial charge on any atom is -0.258 e. The van der Waals surface area contributed by atoms with Crippen LogP contribution in [0.25, 0.3) is 10.9 Å². The largest absolute Gasteiger partial charge is 0.262 e. The third-order valence-electron chi connectivity index (χ3n) is 2.19. The lowest BCUT2D eigenvalue weighted by Gasteiger charge is -2.02. The van der Waals surface area contributed by atoms with E-state index in [0.29, 0.717) is 0 Å². The average molecular weight is 171 g/mol. The molecule has 0 aliphatic carbocycles. The van der Waals surface area contributed by atoms with E-state index in [0.717, 1.165) is 16.3 Å². The molecule has 0 fully saturated rings. The van der Waals surface area contributed by atoms with Crippen LogP contribution in [0.2, 0.25) is 0 Å². The quantitative estimate of drug-likeness (QED) is 0.534. The van der Waals surface area contributed by atoms with E-state index in [1.165, 1.54) is 20.9 Å². The van der Waals surface area contributed by atoms with Crippen molar-refractivity contribution in [3.05, 3.63) is 36.0 Å². The van der Waals surface area contributed by atoms with E-state index in [-0.39, 0.29) is 0 Å². The Bertz CT molecular complexity index is 382. The smallest absolute Gasteiger partial charge is 0.258 e. The minimum absolute atomic E-state index is 1.07. The molecule has 0 radical (unpaired) electrons. The highest BCUT2D eigenvalue weighted by Crippen LogP contribution is 2.12. The predicted octanol–water partition coefficient (Wildman–Crippen LogP) is 0.802. The van der Waals surface area contributed by atoms with Gasteiger partial charge >= 0.3 is 0 Å². The average Bonchev–Trinajstić information content (AvgIpc) is 2.07. The van der Waals surface area contributed by atoms with Crippen LogP contribution < -0.4 is 4.43 Å². The standard InChI is InChI=1S/C10H8N.Al.2H/c1-8-6-7-11-10-5-3-2-4-9(8)10;;;/h2-4,6-7H,1H3;;;. The number of rotatable bonds is 0. The van der Waals surface area contributed by atoms with Crippen molar-refractivity contribution < 1.29 is 0 Å². The molecule has 1 nitrogen and oxygen atoms in total. The van der Waals surface area contributed by atoms with Gasteiger partial charge in [0.1, 0.15) is 0 Å². The van der Waals surface area contributed by atoms with Crippen LogP contribution in [-0.2, 0) is 0 Å². The SMILES string of the molecule is Cc1ccnc2[c]([AlH2])cccc12. The first-order valence-electron chi connectivity index (χ1n) is 4.10. The van der Waals surface area contributed by atoms with E-state index in [9.17, 15) is 0 Å². The van der Waals surface area contributed by atoms with Crippen LogP contribution in [-0.4, -0.2) is 21.3 Å². The molecule has 1 heterocycles. The number of benzene rings is 1. The molecule has 0 amide bonds. The molecule has 58 valence electrons. The lowest BCUT2D eigenvalue weighted by Crippen LogP contribution is -2.04. The fourth-order valence-corrected chi connectivity index (χ4v) is 2.05. The number of hydrogen-bond acceptors (Lipinski definition) is 1. The van der Waals surface area contributed by atoms with Gasteiger partial charge in [0.25, 0.3) is 16.3 Å². The summed E-state index contributed by atoms with van der Waals surface area (Å²) in [4.78, 5) is 4.38. The molecular formula is C10H10AlN. The van der Waals surface area contributed by atoms with Gasteiger partial charge in [0.2, 0.25) is 0 Å². The summed E-state index contributed by atoms with van der Waals surface area (Å²) in [6.07, 6.45) is 1.89. The van der Waals surface area contributed by atoms with Crippen LogP contribution in [0.3, 0.4) is 0 Å². The highest BCUT2D eigenvalue weighted by Gasteiger charge is 1.98. The third-order valence-corrected chi connectivity index (χ3v) is 3.00. The van der Waals surface area contributed by atoms with Crippen molar-refractivity contribution in [2.75, 3.05) is 0 Å². The summed E-state index contributed by atoms with van der Waals surface area (Å²) < 4.78 is 1.39. The van der Waals surface area contributed by atoms with Crippen LogP contribution in [0.15, 0.2) is 30.5 Å². The lowest BCUT2D eigenvalue weighted by molar-refractivity contribution is 1.38. The zero-order valence-corrected chi connectivity index (χ0v) is 9.33. The Morgan fingerprint density at radius 1 is 1.25 bits per heavy atom. The summed E-state index contributed by atoms with van der Waals surface area (Å²) in [7, 11) is 0. The van der Waals surface area contributed by atoms with Gasteiger partial charge in [-0.15, -0.1) is 0 Å². The molecule has 0 aliphatic heterocycles. The van der Waals surface area contributed by atoms with Gasteiger partial charge in [0.15, 0.2) is 0 Å². The summed E-state index contributed by atoms with van der Waals surface area (Å²) in [6.45, 7) is 2.13. The molecule has 2 heteroatoms. The second-order valence-corrected chi connectivity index (χ2v) is 4.18. The van der Waals surface area contributed by atoms with E-state index in [1.807, 2.05) is 6.20 Å². The molecule has 0 bridgehead atoms. The van der Waals surface area contributed by atoms with Crippen molar-refractivity contribution in [1.29, 1.82) is 0 Å². The number of aryl methyl sites for hydroxylation is 1. The lowest BCUT2D eigenvalue weighted by atomic mass is 10.1. The zero-order valence-electron chi connectivity index (χ0n) is 7.33. The maximum atomic E-state index is 4.38. The minimum atomic E-state index is 1.07. The van der Waals surface area contributed by atoms with E-state index in [2.05, 4.69) is 36.2 Å². The van der Waals surface area contributed by atoms with Gasteiger partial charge in [-0.3, -0.25) is 4.98 Å². The molecule has 0 saturated heterocycles. The molecule has 0 unspecified atom stereocenters. The number of pyridine rings is 1. The molecule has 1 aromatic carbocycles. The first kappa shape index (κ1) is 7.79. The molecule has 0 saturated carbocycles. The Hall–Kier alpha value is -0.838. The molecule has 1 aromatic heterocycles. The Morgan fingerprint density at radius 2 is 2.08 bits per heavy atom. The summed E-state index contributed by atoms with van der Waals surface area (Å²) in [5.41, 5.74) is 2.50. The van der Waals surface area contributed by atoms with Gasteiger partial charge in [0, 0.05) is 11.6 Å². The Labute approximate surface area is 79.9 Å². The fraction of sp³-hybridized carbons (Fsp3) is 0.100. The highest BCUT2D eigenvalue weighted by molar-refractivity contribution is 6.38. The molecular weight excluding hydrogens is 161 g/mol. The second-order valence-electron chi connectivity index (χ2n) is 3.10. The number of aromatic nitrogens is 1. The maximum Gasteiger partial charge on any atom is 0.262 e. The van der Waals surface area contributed by atoms with Crippen LogP contribution in [0.5, 0.6) is 0 Å². The van der Waals surface area contributed by atoms with Gasteiger partial charge < -0.3 is 0 Å². The number of fused-ring (bicyclic) bond motifs is 1. The molecule has 0 spiro atoms. The number of hydrogen-bond donors (Lipinski definition) is 0. The number of nitrogens with zero attached hydrogens (tertiary/aromatic N) is 1. The Morgan fingerprint density at radius 3 is 2.83 bits per heavy atom. The van der Waals surface area contributed by atoms with Gasteiger partial charge in [-0.1, -0.05) is 22.6 Å². The molecule has 2 rings (SSSR count). The fourth-order valence-electron chi connectivity index (χ4n) is 1.46. The van der Waals surface area contributed by atoms with Crippen LogP contribution in [0.4, 0.5) is 0 Å². The van der Waals surface area contributed by atoms with Gasteiger partial charge in [0.05, 0.1) is 5.52 Å². The van der Waals surface area contributed by atoms with Crippen molar-refractivity contribution >= 4 is 31.6 Å². The van der Waals surface area contributed by atoms with Gasteiger partial charge in [-0.25, -0.2) is 0 Å². The molecule has 0 atom stereocenters. The molecule has 2 aromatic rings. The third kappa shape index (κ3) is 1.14. The van der Waals surface area contributed by atoms with E-state index >= 15 is 0 Å². The van der Waals surface area contributed by atoms with Crippen LogP contribution in [0, 0.1) is 6.92 Å². The predicted molar refractivity (Wildman–Crippen MR) is 54.7 cm³/mol. The van der Waals surface area contributed by atoms with Crippen LogP contribution in [0.1, 0.15) is 5.56 Å². The normalized spacial score (nSPS) is 10.4. The Balaban J connectivity index is 2.94. The van der Waals surface area contributed by atoms with Crippen LogP contribution >= 0.6 is 0 Å².